The highest BCUT2D eigenvalue weighted by atomic mass is 16.1. The van der Waals surface area contributed by atoms with Gasteiger partial charge in [-0.25, -0.2) is 0 Å². The van der Waals surface area contributed by atoms with Crippen LogP contribution in [0.5, 0.6) is 0 Å². The number of nitrogens with two attached hydrogens (primary N) is 1. The fourth-order valence-corrected chi connectivity index (χ4v) is 1.85. The van der Waals surface area contributed by atoms with Gasteiger partial charge in [0.15, 0.2) is 0 Å². The van der Waals surface area contributed by atoms with E-state index in [-0.39, 0.29) is 5.91 Å². The fraction of sp³-hybridized carbons (Fsp3) is 0.556. The van der Waals surface area contributed by atoms with Gasteiger partial charge in [0.1, 0.15) is 0 Å². The first-order valence-corrected chi connectivity index (χ1v) is 4.31. The molecule has 0 spiro atoms. The lowest BCUT2D eigenvalue weighted by Gasteiger charge is -2.14. The Morgan fingerprint density at radius 2 is 2.50 bits per heavy atom. The molecule has 1 amide bonds. The molecule has 0 radical (unpaired) electrons. The third-order valence-electron chi connectivity index (χ3n) is 2.51. The molecule has 0 saturated heterocycles. The molecule has 0 fully saturated rings. The summed E-state index contributed by atoms with van der Waals surface area (Å²) in [7, 11) is 0. The average molecular weight is 164 g/mol. The Bertz CT molecular complexity index is 278. The third kappa shape index (κ3) is 1.15. The standard InChI is InChI=1S/C9H12N2O/c10-9(12)7-4-6-2-1-3-11-8(6)5-7/h4,6H,1-3,5H2,(H2,10,12). The summed E-state index contributed by atoms with van der Waals surface area (Å²) in [5, 5.41) is 0. The van der Waals surface area contributed by atoms with Crippen LogP contribution in [0.15, 0.2) is 16.6 Å². The molecule has 0 aromatic carbocycles. The highest BCUT2D eigenvalue weighted by Crippen LogP contribution is 2.28. The maximum absolute atomic E-state index is 10.8. The highest BCUT2D eigenvalue weighted by Gasteiger charge is 2.26. The van der Waals surface area contributed by atoms with Crippen molar-refractivity contribution < 1.29 is 4.79 Å². The Labute approximate surface area is 71.4 Å². The van der Waals surface area contributed by atoms with Crippen LogP contribution < -0.4 is 5.73 Å². The summed E-state index contributed by atoms with van der Waals surface area (Å²) < 4.78 is 0. The Kier molecular flexibility index (Phi) is 1.71. The van der Waals surface area contributed by atoms with Gasteiger partial charge in [0, 0.05) is 30.2 Å². The number of hydrogen-bond acceptors (Lipinski definition) is 2. The summed E-state index contributed by atoms with van der Waals surface area (Å²) in [6, 6.07) is 0. The van der Waals surface area contributed by atoms with E-state index >= 15 is 0 Å². The third-order valence-corrected chi connectivity index (χ3v) is 2.51. The van der Waals surface area contributed by atoms with Crippen LogP contribution in [0.1, 0.15) is 19.3 Å². The van der Waals surface area contributed by atoms with Gasteiger partial charge in [-0.15, -0.1) is 0 Å². The van der Waals surface area contributed by atoms with Crippen LogP contribution >= 0.6 is 0 Å². The van der Waals surface area contributed by atoms with Gasteiger partial charge in [0.05, 0.1) is 0 Å². The molecule has 2 N–H and O–H groups in total. The lowest BCUT2D eigenvalue weighted by atomic mass is 9.98. The second kappa shape index (κ2) is 2.73. The van der Waals surface area contributed by atoms with Gasteiger partial charge < -0.3 is 5.73 Å². The van der Waals surface area contributed by atoms with Crippen LogP contribution in [0.4, 0.5) is 0 Å². The smallest absolute Gasteiger partial charge is 0.244 e. The predicted molar refractivity (Wildman–Crippen MR) is 46.9 cm³/mol. The van der Waals surface area contributed by atoms with Crippen molar-refractivity contribution in [2.45, 2.75) is 19.3 Å². The van der Waals surface area contributed by atoms with Gasteiger partial charge >= 0.3 is 0 Å². The lowest BCUT2D eigenvalue weighted by Crippen LogP contribution is -2.15. The summed E-state index contributed by atoms with van der Waals surface area (Å²) in [5.41, 5.74) is 7.10. The van der Waals surface area contributed by atoms with E-state index < -0.39 is 0 Å². The second-order valence-corrected chi connectivity index (χ2v) is 3.35. The molecule has 1 heterocycles. The number of allylic oxidation sites excluding steroid dienone is 1. The minimum absolute atomic E-state index is 0.285. The van der Waals surface area contributed by atoms with Gasteiger partial charge in [-0.05, 0) is 12.8 Å². The summed E-state index contributed by atoms with van der Waals surface area (Å²) in [4.78, 5) is 15.2. The average Bonchev–Trinajstić information content (AvgIpc) is 2.46. The number of hydrogen-bond donors (Lipinski definition) is 1. The van der Waals surface area contributed by atoms with Crippen molar-refractivity contribution >= 4 is 11.6 Å². The molecule has 1 aliphatic heterocycles. The van der Waals surface area contributed by atoms with E-state index in [2.05, 4.69) is 4.99 Å². The molecule has 1 atom stereocenters. The molecular formula is C9H12N2O. The van der Waals surface area contributed by atoms with Crippen LogP contribution in [0.25, 0.3) is 0 Å². The molecule has 12 heavy (non-hydrogen) atoms. The number of amides is 1. The molecule has 0 aromatic rings. The molecule has 64 valence electrons. The van der Waals surface area contributed by atoms with Crippen LogP contribution in [0.3, 0.4) is 0 Å². The number of fused-ring (bicyclic) bond motifs is 1. The summed E-state index contributed by atoms with van der Waals surface area (Å²) in [6.45, 7) is 0.922. The monoisotopic (exact) mass is 164 g/mol. The summed E-state index contributed by atoms with van der Waals surface area (Å²) in [6.07, 6.45) is 4.95. The van der Waals surface area contributed by atoms with Crippen LogP contribution in [-0.4, -0.2) is 18.2 Å². The van der Waals surface area contributed by atoms with Crippen molar-refractivity contribution in [2.24, 2.45) is 16.6 Å². The van der Waals surface area contributed by atoms with E-state index in [4.69, 9.17) is 5.73 Å². The van der Waals surface area contributed by atoms with Crippen molar-refractivity contribution in [3.8, 4) is 0 Å². The Balaban J connectivity index is 2.21. The summed E-state index contributed by atoms with van der Waals surface area (Å²) >= 11 is 0. The quantitative estimate of drug-likeness (QED) is 0.608. The first-order valence-electron chi connectivity index (χ1n) is 4.31. The van der Waals surface area contributed by atoms with Crippen molar-refractivity contribution in [2.75, 3.05) is 6.54 Å². The molecule has 1 unspecified atom stereocenters. The topological polar surface area (TPSA) is 55.5 Å². The first kappa shape index (κ1) is 7.53. The van der Waals surface area contributed by atoms with E-state index in [9.17, 15) is 4.79 Å². The van der Waals surface area contributed by atoms with Gasteiger partial charge in [-0.3, -0.25) is 9.79 Å². The highest BCUT2D eigenvalue weighted by molar-refractivity contribution is 6.05. The van der Waals surface area contributed by atoms with E-state index in [1.54, 1.807) is 0 Å². The maximum Gasteiger partial charge on any atom is 0.244 e. The summed E-state index contributed by atoms with van der Waals surface area (Å²) in [5.74, 6) is 0.133. The SMILES string of the molecule is NC(=O)C1=CC2CCCN=C2C1. The normalized spacial score (nSPS) is 27.5. The molecule has 2 rings (SSSR count). The van der Waals surface area contributed by atoms with E-state index in [1.807, 2.05) is 6.08 Å². The van der Waals surface area contributed by atoms with Gasteiger partial charge in [-0.2, -0.15) is 0 Å². The largest absolute Gasteiger partial charge is 0.366 e. The van der Waals surface area contributed by atoms with Crippen LogP contribution in [0.2, 0.25) is 0 Å². The second-order valence-electron chi connectivity index (χ2n) is 3.35. The minimum atomic E-state index is -0.285. The predicted octanol–water partition coefficient (Wildman–Crippen LogP) is 0.653. The zero-order valence-electron chi connectivity index (χ0n) is 6.92. The van der Waals surface area contributed by atoms with Gasteiger partial charge in [0.25, 0.3) is 0 Å². The molecule has 1 aliphatic carbocycles. The number of primary amides is 1. The number of aliphatic imine (C=N–C) groups is 1. The van der Waals surface area contributed by atoms with Crippen molar-refractivity contribution in [1.29, 1.82) is 0 Å². The Hall–Kier alpha value is -1.12. The van der Waals surface area contributed by atoms with Crippen molar-refractivity contribution in [1.82, 2.24) is 0 Å². The zero-order chi connectivity index (χ0) is 8.55. The van der Waals surface area contributed by atoms with Crippen molar-refractivity contribution in [3.63, 3.8) is 0 Å². The van der Waals surface area contributed by atoms with Gasteiger partial charge in [0.2, 0.25) is 5.91 Å². The fourth-order valence-electron chi connectivity index (χ4n) is 1.85. The Morgan fingerprint density at radius 3 is 3.17 bits per heavy atom. The zero-order valence-corrected chi connectivity index (χ0v) is 6.92. The molecule has 3 nitrogen and oxygen atoms in total. The van der Waals surface area contributed by atoms with Crippen LogP contribution in [0, 0.1) is 5.92 Å². The molecule has 2 aliphatic rings. The molecule has 0 aromatic heterocycles. The number of nitrogens with zero attached hydrogens (tertiary/aromatic N) is 1. The number of carbonyl (C=O) groups excluding carboxylic acids is 1. The Morgan fingerprint density at radius 1 is 1.67 bits per heavy atom. The molecule has 0 saturated carbocycles. The first-order chi connectivity index (χ1) is 5.77. The molecular weight excluding hydrogens is 152 g/mol. The van der Waals surface area contributed by atoms with E-state index in [0.29, 0.717) is 12.3 Å². The molecule has 0 bridgehead atoms. The van der Waals surface area contributed by atoms with E-state index in [1.165, 1.54) is 0 Å². The van der Waals surface area contributed by atoms with Gasteiger partial charge in [-0.1, -0.05) is 6.08 Å². The maximum atomic E-state index is 10.8. The number of carbonyl (C=O) groups is 1. The minimum Gasteiger partial charge on any atom is -0.366 e. The number of rotatable bonds is 1. The van der Waals surface area contributed by atoms with Crippen molar-refractivity contribution in [3.05, 3.63) is 11.6 Å². The van der Waals surface area contributed by atoms with E-state index in [0.717, 1.165) is 30.7 Å². The lowest BCUT2D eigenvalue weighted by molar-refractivity contribution is -0.114. The molecule has 3 heteroatoms. The van der Waals surface area contributed by atoms with Crippen LogP contribution in [-0.2, 0) is 4.79 Å².